The van der Waals surface area contributed by atoms with Gasteiger partial charge in [-0.3, -0.25) is 0 Å². The third kappa shape index (κ3) is 3.39. The normalized spacial score (nSPS) is 15.1. The fourth-order valence-electron chi connectivity index (χ4n) is 1.83. The van der Waals surface area contributed by atoms with Crippen LogP contribution in [0.15, 0.2) is 23.2 Å². The minimum absolute atomic E-state index is 0.0664. The van der Waals surface area contributed by atoms with Crippen LogP contribution in [0.4, 0.5) is 14.9 Å². The highest BCUT2D eigenvalue weighted by Crippen LogP contribution is 2.35. The molecule has 0 aromatic heterocycles. The summed E-state index contributed by atoms with van der Waals surface area (Å²) in [6, 6.07) is 3.81. The number of guanidine groups is 1. The van der Waals surface area contributed by atoms with Gasteiger partial charge in [-0.15, -0.1) is 0 Å². The highest BCUT2D eigenvalue weighted by molar-refractivity contribution is 6.34. The Balaban J connectivity index is 2.36. The summed E-state index contributed by atoms with van der Waals surface area (Å²) in [5.41, 5.74) is 5.99. The molecule has 1 aromatic carbocycles. The molecule has 0 spiro atoms. The number of hydrogen-bond acceptors (Lipinski definition) is 1. The van der Waals surface area contributed by atoms with Crippen LogP contribution in [-0.4, -0.2) is 25.6 Å². The van der Waals surface area contributed by atoms with Crippen LogP contribution in [0.25, 0.3) is 0 Å². The van der Waals surface area contributed by atoms with Gasteiger partial charge in [-0.25, -0.2) is 9.18 Å². The SMILES string of the molecule is CNC(=O)N=C(N)N(CC1CC1)c1c(F)cccc1Cl. The third-order valence-electron chi connectivity index (χ3n) is 3.05. The summed E-state index contributed by atoms with van der Waals surface area (Å²) in [6.45, 7) is 0.493. The third-order valence-corrected chi connectivity index (χ3v) is 3.36. The molecule has 1 aliphatic carbocycles. The lowest BCUT2D eigenvalue weighted by Gasteiger charge is -2.24. The first-order valence-electron chi connectivity index (χ1n) is 6.30. The number of nitrogens with one attached hydrogen (secondary N) is 1. The largest absolute Gasteiger partial charge is 0.369 e. The number of nitrogens with two attached hydrogens (primary N) is 1. The molecule has 0 radical (unpaired) electrons. The number of rotatable bonds is 3. The number of benzene rings is 1. The molecule has 1 aliphatic rings. The molecule has 1 saturated carbocycles. The average molecular weight is 299 g/mol. The first kappa shape index (κ1) is 14.6. The number of amides is 2. The van der Waals surface area contributed by atoms with Crippen molar-refractivity contribution in [3.8, 4) is 0 Å². The zero-order valence-corrected chi connectivity index (χ0v) is 11.8. The smallest absolute Gasteiger partial charge is 0.343 e. The predicted molar refractivity (Wildman–Crippen MR) is 77.6 cm³/mol. The maximum atomic E-state index is 14.0. The van der Waals surface area contributed by atoms with Crippen LogP contribution in [0.2, 0.25) is 5.02 Å². The number of carbonyl (C=O) groups is 1. The summed E-state index contributed by atoms with van der Waals surface area (Å²) >= 11 is 6.05. The molecular formula is C13H16ClFN4O. The summed E-state index contributed by atoms with van der Waals surface area (Å²) in [7, 11) is 1.44. The van der Waals surface area contributed by atoms with E-state index in [4.69, 9.17) is 17.3 Å². The first-order valence-corrected chi connectivity index (χ1v) is 6.68. The molecule has 2 amide bonds. The first-order chi connectivity index (χ1) is 9.52. The number of aliphatic imine (C=N–C) groups is 1. The Labute approximate surface area is 121 Å². The van der Waals surface area contributed by atoms with Crippen molar-refractivity contribution in [3.05, 3.63) is 29.0 Å². The second-order valence-electron chi connectivity index (χ2n) is 4.65. The molecule has 0 unspecified atom stereocenters. The van der Waals surface area contributed by atoms with Gasteiger partial charge >= 0.3 is 6.03 Å². The highest BCUT2D eigenvalue weighted by Gasteiger charge is 2.28. The van der Waals surface area contributed by atoms with Gasteiger partial charge in [0.1, 0.15) is 5.82 Å². The Hall–Kier alpha value is -1.82. The van der Waals surface area contributed by atoms with Crippen LogP contribution in [0, 0.1) is 11.7 Å². The van der Waals surface area contributed by atoms with Gasteiger partial charge in [0.25, 0.3) is 0 Å². The molecule has 0 saturated heterocycles. The van der Waals surface area contributed by atoms with Crippen LogP contribution in [0.3, 0.4) is 0 Å². The fraction of sp³-hybridized carbons (Fsp3) is 0.385. The van der Waals surface area contributed by atoms with Crippen molar-refractivity contribution in [2.45, 2.75) is 12.8 Å². The van der Waals surface area contributed by atoms with Gasteiger partial charge in [0.05, 0.1) is 10.7 Å². The van der Waals surface area contributed by atoms with E-state index in [1.165, 1.54) is 24.1 Å². The molecule has 20 heavy (non-hydrogen) atoms. The van der Waals surface area contributed by atoms with E-state index < -0.39 is 11.8 Å². The minimum Gasteiger partial charge on any atom is -0.369 e. The second-order valence-corrected chi connectivity index (χ2v) is 5.06. The second kappa shape index (κ2) is 6.09. The molecule has 1 aromatic rings. The van der Waals surface area contributed by atoms with Gasteiger partial charge in [0.2, 0.25) is 5.96 Å². The van der Waals surface area contributed by atoms with Gasteiger partial charge in [-0.1, -0.05) is 17.7 Å². The van der Waals surface area contributed by atoms with E-state index in [1.807, 2.05) is 0 Å². The summed E-state index contributed by atoms with van der Waals surface area (Å²) < 4.78 is 14.0. The van der Waals surface area contributed by atoms with E-state index in [2.05, 4.69) is 10.3 Å². The zero-order valence-electron chi connectivity index (χ0n) is 11.1. The van der Waals surface area contributed by atoms with Crippen LogP contribution >= 0.6 is 11.6 Å². The molecular weight excluding hydrogens is 283 g/mol. The lowest BCUT2D eigenvalue weighted by molar-refractivity contribution is 0.251. The Morgan fingerprint density at radius 1 is 1.60 bits per heavy atom. The summed E-state index contributed by atoms with van der Waals surface area (Å²) in [6.07, 6.45) is 2.10. The Kier molecular flexibility index (Phi) is 4.44. The quantitative estimate of drug-likeness (QED) is 0.665. The van der Waals surface area contributed by atoms with Crippen molar-refractivity contribution in [2.24, 2.45) is 16.6 Å². The Morgan fingerprint density at radius 3 is 2.85 bits per heavy atom. The molecule has 0 aliphatic heterocycles. The van der Waals surface area contributed by atoms with E-state index in [-0.39, 0.29) is 16.7 Å². The van der Waals surface area contributed by atoms with Crippen LogP contribution in [0.1, 0.15) is 12.8 Å². The van der Waals surface area contributed by atoms with E-state index in [0.717, 1.165) is 12.8 Å². The van der Waals surface area contributed by atoms with Crippen LogP contribution in [0.5, 0.6) is 0 Å². The lowest BCUT2D eigenvalue weighted by atomic mass is 10.2. The van der Waals surface area contributed by atoms with E-state index in [9.17, 15) is 9.18 Å². The van der Waals surface area contributed by atoms with Crippen molar-refractivity contribution in [1.29, 1.82) is 0 Å². The van der Waals surface area contributed by atoms with E-state index in [0.29, 0.717) is 12.5 Å². The van der Waals surface area contributed by atoms with Crippen molar-refractivity contribution < 1.29 is 9.18 Å². The van der Waals surface area contributed by atoms with Gasteiger partial charge in [0.15, 0.2) is 0 Å². The summed E-state index contributed by atoms with van der Waals surface area (Å²) in [4.78, 5) is 16.4. The van der Waals surface area contributed by atoms with Crippen molar-refractivity contribution in [2.75, 3.05) is 18.5 Å². The van der Waals surface area contributed by atoms with E-state index >= 15 is 0 Å². The number of halogens is 2. The summed E-state index contributed by atoms with van der Waals surface area (Å²) in [5, 5.41) is 2.58. The Morgan fingerprint density at radius 2 is 2.30 bits per heavy atom. The minimum atomic E-state index is -0.587. The van der Waals surface area contributed by atoms with Crippen LogP contribution < -0.4 is 16.0 Å². The highest BCUT2D eigenvalue weighted by atomic mass is 35.5. The fourth-order valence-corrected chi connectivity index (χ4v) is 2.09. The molecule has 1 fully saturated rings. The van der Waals surface area contributed by atoms with Gasteiger partial charge < -0.3 is 16.0 Å². The predicted octanol–water partition coefficient (Wildman–Crippen LogP) is 2.35. The molecule has 108 valence electrons. The summed E-state index contributed by atoms with van der Waals surface area (Å²) in [5.74, 6) is -0.138. The maximum Gasteiger partial charge on any atom is 0.343 e. The Bertz CT molecular complexity index is 525. The number of carbonyl (C=O) groups excluding carboxylic acids is 1. The number of anilines is 1. The van der Waals surface area contributed by atoms with Gasteiger partial charge in [-0.05, 0) is 30.9 Å². The maximum absolute atomic E-state index is 14.0. The lowest BCUT2D eigenvalue weighted by Crippen LogP contribution is -2.41. The van der Waals surface area contributed by atoms with Crippen molar-refractivity contribution >= 4 is 29.3 Å². The van der Waals surface area contributed by atoms with Crippen LogP contribution in [-0.2, 0) is 0 Å². The number of para-hydroxylation sites is 1. The standard InChI is InChI=1S/C13H16ClFN4O/c1-17-13(20)18-12(16)19(7-8-5-6-8)11-9(14)3-2-4-10(11)15/h2-4,8H,5-7H2,1H3,(H3,16,17,18,20). The number of nitrogens with zero attached hydrogens (tertiary/aromatic N) is 2. The molecule has 0 bridgehead atoms. The zero-order chi connectivity index (χ0) is 14.7. The van der Waals surface area contributed by atoms with Gasteiger partial charge in [0, 0.05) is 13.6 Å². The average Bonchev–Trinajstić information content (AvgIpc) is 3.21. The number of hydrogen-bond donors (Lipinski definition) is 2. The number of urea groups is 1. The molecule has 0 atom stereocenters. The molecule has 2 rings (SSSR count). The molecule has 7 heteroatoms. The van der Waals surface area contributed by atoms with Crippen molar-refractivity contribution in [1.82, 2.24) is 5.32 Å². The molecule has 0 heterocycles. The topological polar surface area (TPSA) is 70.7 Å². The van der Waals surface area contributed by atoms with Gasteiger partial charge in [-0.2, -0.15) is 4.99 Å². The monoisotopic (exact) mass is 298 g/mol. The van der Waals surface area contributed by atoms with Crippen molar-refractivity contribution in [3.63, 3.8) is 0 Å². The van der Waals surface area contributed by atoms with E-state index in [1.54, 1.807) is 6.07 Å². The molecule has 3 N–H and O–H groups in total. The molecule has 5 nitrogen and oxygen atoms in total.